The third kappa shape index (κ3) is 23.4. The van der Waals surface area contributed by atoms with Crippen molar-refractivity contribution in [2.45, 2.75) is 132 Å². The van der Waals surface area contributed by atoms with E-state index in [1.807, 2.05) is 104 Å². The molecule has 9 nitrogen and oxygen atoms in total. The molecule has 3 atom stereocenters. The van der Waals surface area contributed by atoms with Gasteiger partial charge in [0.2, 0.25) is 0 Å². The van der Waals surface area contributed by atoms with Crippen LogP contribution in [0.2, 0.25) is 18.1 Å². The van der Waals surface area contributed by atoms with Crippen molar-refractivity contribution in [1.82, 2.24) is 0 Å². The Labute approximate surface area is 358 Å². The lowest BCUT2D eigenvalue weighted by molar-refractivity contribution is 0.0660. The van der Waals surface area contributed by atoms with Crippen molar-refractivity contribution in [1.29, 1.82) is 0 Å². The van der Waals surface area contributed by atoms with Crippen molar-refractivity contribution in [2.75, 3.05) is 82.5 Å². The lowest BCUT2D eigenvalue weighted by atomic mass is 9.71. The zero-order valence-electron chi connectivity index (χ0n) is 35.3. The van der Waals surface area contributed by atoms with E-state index in [0.29, 0.717) is 65.4 Å². The van der Waals surface area contributed by atoms with Crippen LogP contribution >= 0.6 is 62.8 Å². The molecule has 3 unspecified atom stereocenters. The summed E-state index contributed by atoms with van der Waals surface area (Å²) in [6, 6.07) is 2.70. The minimum atomic E-state index is -2.64. The van der Waals surface area contributed by atoms with Crippen LogP contribution in [-0.4, -0.2) is 109 Å². The van der Waals surface area contributed by atoms with Crippen LogP contribution in [0.15, 0.2) is 0 Å². The van der Waals surface area contributed by atoms with Crippen LogP contribution in [0.5, 0.6) is 0 Å². The maximum Gasteiger partial charge on any atom is 0.500 e. The Morgan fingerprint density at radius 1 is 0.389 bits per heavy atom. The van der Waals surface area contributed by atoms with Gasteiger partial charge >= 0.3 is 26.4 Å². The van der Waals surface area contributed by atoms with E-state index >= 15 is 0 Å². The van der Waals surface area contributed by atoms with Gasteiger partial charge in [-0.1, -0.05) is 49.6 Å². The van der Waals surface area contributed by atoms with Crippen molar-refractivity contribution in [3.8, 4) is 0 Å². The molecule has 1 fully saturated rings. The molecule has 0 spiro atoms. The molecule has 1 saturated carbocycles. The number of hydrogen-bond acceptors (Lipinski definition) is 15. The number of hydrogen-bond donors (Lipinski definition) is 0. The van der Waals surface area contributed by atoms with Crippen LogP contribution in [0.25, 0.3) is 0 Å². The van der Waals surface area contributed by atoms with Gasteiger partial charge in [-0.15, -0.1) is 0 Å². The summed E-state index contributed by atoms with van der Waals surface area (Å²) >= 11 is 0. The molecule has 18 heteroatoms. The fourth-order valence-electron chi connectivity index (χ4n) is 7.10. The summed E-state index contributed by atoms with van der Waals surface area (Å²) in [5.74, 6) is 6.83. The molecule has 0 N–H and O–H groups in total. The maximum absolute atomic E-state index is 6.25. The topological polar surface area (TPSA) is 83.1 Å². The van der Waals surface area contributed by atoms with Crippen LogP contribution in [0, 0.1) is 17.8 Å². The molecule has 0 saturated heterocycles. The van der Waals surface area contributed by atoms with Crippen molar-refractivity contribution in [3.05, 3.63) is 0 Å². The lowest BCUT2D eigenvalue weighted by Crippen LogP contribution is -2.46. The van der Waals surface area contributed by atoms with Crippen molar-refractivity contribution in [2.24, 2.45) is 17.8 Å². The van der Waals surface area contributed by atoms with Gasteiger partial charge in [-0.05, 0) is 145 Å². The van der Waals surface area contributed by atoms with Crippen LogP contribution in [-0.2, 0) is 39.8 Å². The third-order valence-electron chi connectivity index (χ3n) is 9.14. The first-order chi connectivity index (χ1) is 26.3. The molecule has 0 bridgehead atoms. The summed E-state index contributed by atoms with van der Waals surface area (Å²) in [4.78, 5) is 0. The molecule has 0 amide bonds. The van der Waals surface area contributed by atoms with Crippen LogP contribution in [0.1, 0.15) is 114 Å². The summed E-state index contributed by atoms with van der Waals surface area (Å²) in [6.07, 6.45) is 9.80. The van der Waals surface area contributed by atoms with Crippen LogP contribution in [0.4, 0.5) is 0 Å². The molecule has 54 heavy (non-hydrogen) atoms. The Kier molecular flexibility index (Phi) is 35.3. The predicted octanol–water partition coefficient (Wildman–Crippen LogP) is 12.2. The molecule has 0 aliphatic heterocycles. The van der Waals surface area contributed by atoms with Gasteiger partial charge in [-0.2, -0.15) is 0 Å². The van der Waals surface area contributed by atoms with Gasteiger partial charge in [0.05, 0.1) is 0 Å². The first-order valence-electron chi connectivity index (χ1n) is 20.9. The van der Waals surface area contributed by atoms with E-state index in [2.05, 4.69) is 20.8 Å². The molecular weight excluding hydrogens is 853 g/mol. The molecule has 0 heterocycles. The quantitative estimate of drug-likeness (QED) is 0.0333. The Morgan fingerprint density at radius 2 is 0.741 bits per heavy atom. The van der Waals surface area contributed by atoms with Gasteiger partial charge in [0, 0.05) is 101 Å². The van der Waals surface area contributed by atoms with Crippen molar-refractivity contribution >= 4 is 89.2 Å². The molecule has 0 radical (unpaired) electrons. The zero-order chi connectivity index (χ0) is 39.8. The van der Waals surface area contributed by atoms with Gasteiger partial charge in [-0.3, -0.25) is 0 Å². The zero-order valence-corrected chi connectivity index (χ0v) is 43.2. The van der Waals surface area contributed by atoms with Gasteiger partial charge in [0.1, 0.15) is 0 Å². The largest absolute Gasteiger partial charge is 0.500 e. The highest BCUT2D eigenvalue weighted by Crippen LogP contribution is 2.45. The minimum Gasteiger partial charge on any atom is -0.374 e. The van der Waals surface area contributed by atoms with Crippen molar-refractivity contribution in [3.63, 3.8) is 0 Å². The molecule has 0 aromatic carbocycles. The highest BCUT2D eigenvalue weighted by molar-refractivity contribution is 9.09. The minimum absolute atomic E-state index is 0.638. The van der Waals surface area contributed by atoms with E-state index in [0.717, 1.165) is 60.7 Å². The maximum atomic E-state index is 6.25. The SMILES string of the molecule is CCO[Si](CCCSSSCCC1CCC(CC[Si](OCC)(OCC)OCC)C(CCSSSCCC[Si](OCC)(OCC)OCC)C1)(OCC)OCC. The molecule has 1 aliphatic carbocycles. The van der Waals surface area contributed by atoms with Crippen molar-refractivity contribution < 1.29 is 39.8 Å². The Bertz CT molecular complexity index is 817. The summed E-state index contributed by atoms with van der Waals surface area (Å²) in [7, 11) is 4.16. The average molecular weight is 932 g/mol. The van der Waals surface area contributed by atoms with E-state index in [1.54, 1.807) is 0 Å². The first kappa shape index (κ1) is 54.4. The van der Waals surface area contributed by atoms with Gasteiger partial charge in [0.15, 0.2) is 0 Å². The van der Waals surface area contributed by atoms with Gasteiger partial charge in [-0.25, -0.2) is 0 Å². The smallest absolute Gasteiger partial charge is 0.374 e. The molecule has 0 aromatic heterocycles. The standard InChI is InChI=1S/C36H78O9S6Si3/c1-10-37-52(38-11-2,39-12-3)30-19-26-46-50-48-28-23-34-21-22-35(25-32-54(43-16-7,44-17-8)45-18-9)36(33-34)24-29-49-51-47-27-20-31-53(40-13-4,41-14-5)42-15-6/h34-36H,10-33H2,1-9H3. The highest BCUT2D eigenvalue weighted by atomic mass is 33.5. The predicted molar refractivity (Wildman–Crippen MR) is 249 cm³/mol. The summed E-state index contributed by atoms with van der Waals surface area (Å²) in [6.45, 7) is 24.1. The number of rotatable bonds is 39. The van der Waals surface area contributed by atoms with E-state index in [-0.39, 0.29) is 0 Å². The Morgan fingerprint density at radius 3 is 1.13 bits per heavy atom. The fourth-order valence-corrected chi connectivity index (χ4v) is 23.5. The first-order valence-corrected chi connectivity index (χ1v) is 34.3. The van der Waals surface area contributed by atoms with Crippen LogP contribution < -0.4 is 0 Å². The molecule has 324 valence electrons. The van der Waals surface area contributed by atoms with Crippen LogP contribution in [0.3, 0.4) is 0 Å². The third-order valence-corrected chi connectivity index (χ3v) is 27.3. The molecule has 0 aromatic rings. The van der Waals surface area contributed by atoms with E-state index in [9.17, 15) is 0 Å². The van der Waals surface area contributed by atoms with Gasteiger partial charge in [0.25, 0.3) is 0 Å². The highest BCUT2D eigenvalue weighted by Gasteiger charge is 2.43. The average Bonchev–Trinajstić information content (AvgIpc) is 3.14. The Balaban J connectivity index is 2.62. The fraction of sp³-hybridized carbons (Fsp3) is 1.00. The van der Waals surface area contributed by atoms with E-state index < -0.39 is 26.4 Å². The van der Waals surface area contributed by atoms with E-state index in [4.69, 9.17) is 39.8 Å². The molecule has 1 aliphatic rings. The Hall–Kier alpha value is 2.39. The lowest BCUT2D eigenvalue weighted by Gasteiger charge is -2.38. The molecule has 1 rings (SSSR count). The van der Waals surface area contributed by atoms with E-state index in [1.165, 1.54) is 43.6 Å². The monoisotopic (exact) mass is 930 g/mol. The second-order valence-corrected chi connectivity index (χ2v) is 30.0. The normalized spacial score (nSPS) is 18.5. The summed E-state index contributed by atoms with van der Waals surface area (Å²) in [5.41, 5.74) is 0. The summed E-state index contributed by atoms with van der Waals surface area (Å²) < 4.78 is 55.0. The molecular formula is C36H78O9S6Si3. The second-order valence-electron chi connectivity index (χ2n) is 12.9. The summed E-state index contributed by atoms with van der Waals surface area (Å²) in [5, 5.41) is 0. The van der Waals surface area contributed by atoms with Gasteiger partial charge < -0.3 is 39.8 Å². The second kappa shape index (κ2) is 35.0.